The number of nitriles is 1. The standard InChI is InChI=1S/C32H49NO5/c1-8-29(4,20-33)19-30(5,18-28(2,3)26(35)37-31(6)11-9-10-25(34)17-31)27(36)38-32(7)23-13-21-12-22(15-23)16-24(32)14-21/h21-24H,8-19H2,1-7H3. The Labute approximate surface area is 229 Å². The first-order valence-electron chi connectivity index (χ1n) is 15.0. The molecule has 3 unspecified atom stereocenters. The topological polar surface area (TPSA) is 93.5 Å². The van der Waals surface area contributed by atoms with E-state index in [-0.39, 0.29) is 24.6 Å². The third-order valence-electron chi connectivity index (χ3n) is 10.9. The Morgan fingerprint density at radius 2 is 1.53 bits per heavy atom. The first-order valence-corrected chi connectivity index (χ1v) is 15.0. The number of hydrogen-bond donors (Lipinski definition) is 0. The zero-order valence-electron chi connectivity index (χ0n) is 24.8. The number of rotatable bonds is 9. The lowest BCUT2D eigenvalue weighted by atomic mass is 9.50. The van der Waals surface area contributed by atoms with E-state index in [1.54, 1.807) is 0 Å². The van der Waals surface area contributed by atoms with Crippen molar-refractivity contribution in [1.29, 1.82) is 5.26 Å². The minimum atomic E-state index is -1.04. The molecule has 6 nitrogen and oxygen atoms in total. The highest BCUT2D eigenvalue weighted by molar-refractivity contribution is 5.83. The molecule has 0 N–H and O–H groups in total. The van der Waals surface area contributed by atoms with E-state index >= 15 is 0 Å². The molecule has 0 aliphatic heterocycles. The summed E-state index contributed by atoms with van der Waals surface area (Å²) >= 11 is 0. The number of carbonyl (C=O) groups excluding carboxylic acids is 3. The van der Waals surface area contributed by atoms with Crippen LogP contribution in [0.5, 0.6) is 0 Å². The van der Waals surface area contributed by atoms with Crippen molar-refractivity contribution in [2.75, 3.05) is 0 Å². The number of ether oxygens (including phenoxy) is 2. The predicted octanol–water partition coefficient (Wildman–Crippen LogP) is 6.94. The van der Waals surface area contributed by atoms with Crippen LogP contribution in [0.4, 0.5) is 0 Å². The molecule has 38 heavy (non-hydrogen) atoms. The molecule has 5 aliphatic carbocycles. The van der Waals surface area contributed by atoms with Gasteiger partial charge in [-0.15, -0.1) is 0 Å². The van der Waals surface area contributed by atoms with Crippen LogP contribution in [0.15, 0.2) is 0 Å². The normalized spacial score (nSPS) is 37.6. The molecule has 0 aromatic carbocycles. The smallest absolute Gasteiger partial charge is 0.312 e. The maximum absolute atomic E-state index is 14.2. The minimum Gasteiger partial charge on any atom is -0.458 e. The molecule has 212 valence electrons. The summed E-state index contributed by atoms with van der Waals surface area (Å²) < 4.78 is 12.6. The van der Waals surface area contributed by atoms with Gasteiger partial charge in [0.2, 0.25) is 0 Å². The molecule has 0 aromatic heterocycles. The van der Waals surface area contributed by atoms with Crippen LogP contribution in [0.25, 0.3) is 0 Å². The third kappa shape index (κ3) is 5.54. The van der Waals surface area contributed by atoms with E-state index < -0.39 is 33.4 Å². The zero-order valence-corrected chi connectivity index (χ0v) is 24.8. The molecule has 5 aliphatic rings. The van der Waals surface area contributed by atoms with E-state index in [4.69, 9.17) is 9.47 Å². The zero-order chi connectivity index (χ0) is 28.1. The fourth-order valence-electron chi connectivity index (χ4n) is 8.67. The van der Waals surface area contributed by atoms with Gasteiger partial charge in [0.25, 0.3) is 0 Å². The van der Waals surface area contributed by atoms with Gasteiger partial charge in [0.15, 0.2) is 0 Å². The van der Waals surface area contributed by atoms with Gasteiger partial charge in [0.05, 0.1) is 22.3 Å². The van der Waals surface area contributed by atoms with Crippen molar-refractivity contribution in [2.45, 2.75) is 137 Å². The van der Waals surface area contributed by atoms with E-state index in [2.05, 4.69) is 13.0 Å². The highest BCUT2D eigenvalue weighted by atomic mass is 16.6. The second-order valence-electron chi connectivity index (χ2n) is 15.1. The van der Waals surface area contributed by atoms with Gasteiger partial charge in [-0.3, -0.25) is 14.4 Å². The highest BCUT2D eigenvalue weighted by Gasteiger charge is 2.59. The SMILES string of the molecule is CCC(C)(C#N)CC(C)(CC(C)(C)C(=O)OC1(C)CCCC(=O)C1)C(=O)OC1(C)C2CC3CC(C2)CC1C3. The first-order chi connectivity index (χ1) is 17.6. The van der Waals surface area contributed by atoms with Crippen molar-refractivity contribution in [2.24, 2.45) is 39.9 Å². The molecule has 0 heterocycles. The van der Waals surface area contributed by atoms with Gasteiger partial charge in [-0.25, -0.2) is 0 Å². The summed E-state index contributed by atoms with van der Waals surface area (Å²) in [4.78, 5) is 39.9. The monoisotopic (exact) mass is 527 g/mol. The number of esters is 2. The molecule has 5 fully saturated rings. The molecule has 0 spiro atoms. The summed E-state index contributed by atoms with van der Waals surface area (Å²) in [6.45, 7) is 13.3. The molecule has 5 saturated carbocycles. The van der Waals surface area contributed by atoms with Gasteiger partial charge in [0.1, 0.15) is 17.0 Å². The Morgan fingerprint density at radius 1 is 0.947 bits per heavy atom. The van der Waals surface area contributed by atoms with Crippen molar-refractivity contribution in [1.82, 2.24) is 0 Å². The molecular formula is C32H49NO5. The number of carbonyl (C=O) groups is 3. The lowest BCUT2D eigenvalue weighted by molar-refractivity contribution is -0.215. The maximum atomic E-state index is 14.2. The average Bonchev–Trinajstić information content (AvgIpc) is 2.81. The molecule has 6 heteroatoms. The fourth-order valence-corrected chi connectivity index (χ4v) is 8.67. The first kappa shape index (κ1) is 29.1. The Morgan fingerprint density at radius 3 is 2.03 bits per heavy atom. The summed E-state index contributed by atoms with van der Waals surface area (Å²) in [5.74, 6) is 1.74. The molecule has 0 aromatic rings. The summed E-state index contributed by atoms with van der Waals surface area (Å²) in [5.41, 5.74) is -4.04. The number of Topliss-reactive ketones (excluding diaryl/α,β-unsaturated/α-hetero) is 1. The second-order valence-corrected chi connectivity index (χ2v) is 15.1. The van der Waals surface area contributed by atoms with Crippen molar-refractivity contribution < 1.29 is 23.9 Å². The highest BCUT2D eigenvalue weighted by Crippen LogP contribution is 2.60. The Kier molecular flexibility index (Phi) is 7.60. The minimum absolute atomic E-state index is 0.120. The van der Waals surface area contributed by atoms with Gasteiger partial charge >= 0.3 is 11.9 Å². The predicted molar refractivity (Wildman–Crippen MR) is 145 cm³/mol. The van der Waals surface area contributed by atoms with Gasteiger partial charge in [-0.2, -0.15) is 5.26 Å². The largest absolute Gasteiger partial charge is 0.458 e. The van der Waals surface area contributed by atoms with Crippen molar-refractivity contribution in [3.05, 3.63) is 0 Å². The van der Waals surface area contributed by atoms with Gasteiger partial charge in [-0.05, 0) is 129 Å². The van der Waals surface area contributed by atoms with E-state index in [1.807, 2.05) is 41.5 Å². The molecule has 5 rings (SSSR count). The molecular weight excluding hydrogens is 478 g/mol. The van der Waals surface area contributed by atoms with Crippen LogP contribution in [-0.2, 0) is 23.9 Å². The van der Waals surface area contributed by atoms with Crippen LogP contribution in [0.1, 0.15) is 126 Å². The molecule has 0 saturated heterocycles. The van der Waals surface area contributed by atoms with Crippen LogP contribution >= 0.6 is 0 Å². The number of nitrogens with zero attached hydrogens (tertiary/aromatic N) is 1. The number of hydrogen-bond acceptors (Lipinski definition) is 6. The summed E-state index contributed by atoms with van der Waals surface area (Å²) in [7, 11) is 0. The molecule has 3 atom stereocenters. The lowest BCUT2D eigenvalue weighted by Gasteiger charge is -2.59. The average molecular weight is 528 g/mol. The van der Waals surface area contributed by atoms with Gasteiger partial charge in [0, 0.05) is 12.8 Å². The lowest BCUT2D eigenvalue weighted by Crippen LogP contribution is -2.59. The molecule has 0 radical (unpaired) electrons. The summed E-state index contributed by atoms with van der Waals surface area (Å²) in [6, 6.07) is 2.43. The van der Waals surface area contributed by atoms with Crippen LogP contribution in [0, 0.1) is 51.2 Å². The Hall–Kier alpha value is -1.90. The van der Waals surface area contributed by atoms with Gasteiger partial charge < -0.3 is 9.47 Å². The second kappa shape index (κ2) is 9.93. The van der Waals surface area contributed by atoms with E-state index in [0.717, 1.165) is 37.5 Å². The van der Waals surface area contributed by atoms with Crippen LogP contribution in [0.2, 0.25) is 0 Å². The third-order valence-corrected chi connectivity index (χ3v) is 10.9. The van der Waals surface area contributed by atoms with E-state index in [9.17, 15) is 19.6 Å². The summed E-state index contributed by atoms with van der Waals surface area (Å²) in [5, 5.41) is 10.0. The van der Waals surface area contributed by atoms with Crippen LogP contribution < -0.4 is 0 Å². The maximum Gasteiger partial charge on any atom is 0.312 e. The van der Waals surface area contributed by atoms with E-state index in [0.29, 0.717) is 43.9 Å². The quantitative estimate of drug-likeness (QED) is 0.301. The van der Waals surface area contributed by atoms with E-state index in [1.165, 1.54) is 6.42 Å². The Balaban J connectivity index is 1.57. The molecule has 4 bridgehead atoms. The summed E-state index contributed by atoms with van der Waals surface area (Å²) in [6.07, 6.45) is 9.13. The Bertz CT molecular complexity index is 982. The number of ketones is 1. The molecule has 0 amide bonds. The van der Waals surface area contributed by atoms with Crippen LogP contribution in [0.3, 0.4) is 0 Å². The van der Waals surface area contributed by atoms with Crippen molar-refractivity contribution in [3.63, 3.8) is 0 Å². The van der Waals surface area contributed by atoms with Crippen molar-refractivity contribution in [3.8, 4) is 6.07 Å². The van der Waals surface area contributed by atoms with Crippen LogP contribution in [-0.4, -0.2) is 28.9 Å². The fraction of sp³-hybridized carbons (Fsp3) is 0.875. The van der Waals surface area contributed by atoms with Gasteiger partial charge in [-0.1, -0.05) is 6.92 Å². The van der Waals surface area contributed by atoms with Crippen molar-refractivity contribution >= 4 is 17.7 Å².